The van der Waals surface area contributed by atoms with E-state index in [0.717, 1.165) is 19.3 Å². The van der Waals surface area contributed by atoms with E-state index < -0.39 is 0 Å². The first-order valence-electron chi connectivity index (χ1n) is 5.61. The van der Waals surface area contributed by atoms with Gasteiger partial charge in [0.25, 0.3) is 5.91 Å². The van der Waals surface area contributed by atoms with Crippen LogP contribution in [0.2, 0.25) is 0 Å². The van der Waals surface area contributed by atoms with E-state index >= 15 is 0 Å². The summed E-state index contributed by atoms with van der Waals surface area (Å²) < 4.78 is 9.76. The Morgan fingerprint density at radius 2 is 2.35 bits per heavy atom. The monoisotopic (exact) mass is 242 g/mol. The fourth-order valence-electron chi connectivity index (χ4n) is 1.34. The number of aliphatic hydroxyl groups is 1. The third-order valence-electron chi connectivity index (χ3n) is 2.20. The molecule has 96 valence electrons. The normalized spacial score (nSPS) is 10.5. The Bertz CT molecular complexity index is 338. The summed E-state index contributed by atoms with van der Waals surface area (Å²) in [6.45, 7) is 1.07. The van der Waals surface area contributed by atoms with Crippen molar-refractivity contribution in [3.8, 4) is 0 Å². The van der Waals surface area contributed by atoms with Gasteiger partial charge in [-0.25, -0.2) is 0 Å². The summed E-state index contributed by atoms with van der Waals surface area (Å²) in [5, 5.41) is 15.0. The molecule has 0 aromatic carbocycles. The molecular formula is C11H18N2O4. The first-order chi connectivity index (χ1) is 8.27. The second kappa shape index (κ2) is 7.81. The van der Waals surface area contributed by atoms with Crippen molar-refractivity contribution in [1.29, 1.82) is 0 Å². The van der Waals surface area contributed by atoms with Gasteiger partial charge in [0.05, 0.1) is 0 Å². The molecule has 0 fully saturated rings. The number of rotatable bonds is 8. The van der Waals surface area contributed by atoms with E-state index in [9.17, 15) is 4.79 Å². The van der Waals surface area contributed by atoms with Crippen LogP contribution >= 0.6 is 0 Å². The summed E-state index contributed by atoms with van der Waals surface area (Å²) in [5.74, 6) is 0.276. The maximum absolute atomic E-state index is 11.6. The summed E-state index contributed by atoms with van der Waals surface area (Å²) >= 11 is 0. The molecule has 0 unspecified atom stereocenters. The fraction of sp³-hybridized carbons (Fsp3) is 0.636. The molecule has 0 saturated carbocycles. The predicted octanol–water partition coefficient (Wildman–Crippen LogP) is 0.713. The SMILES string of the molecule is COCc1cc(C(=O)NCCCCCO)no1. The third-order valence-corrected chi connectivity index (χ3v) is 2.20. The number of methoxy groups -OCH3 is 1. The smallest absolute Gasteiger partial charge is 0.273 e. The lowest BCUT2D eigenvalue weighted by Gasteiger charge is -2.01. The third kappa shape index (κ3) is 4.97. The highest BCUT2D eigenvalue weighted by Gasteiger charge is 2.11. The Labute approximate surface area is 99.9 Å². The van der Waals surface area contributed by atoms with Crippen LogP contribution in [0.25, 0.3) is 0 Å². The lowest BCUT2D eigenvalue weighted by atomic mass is 10.2. The van der Waals surface area contributed by atoms with Crippen LogP contribution in [0.4, 0.5) is 0 Å². The predicted molar refractivity (Wildman–Crippen MR) is 60.5 cm³/mol. The Morgan fingerprint density at radius 3 is 3.06 bits per heavy atom. The Morgan fingerprint density at radius 1 is 1.53 bits per heavy atom. The quantitative estimate of drug-likeness (QED) is 0.656. The average Bonchev–Trinajstić information content (AvgIpc) is 2.78. The molecule has 0 saturated heterocycles. The van der Waals surface area contributed by atoms with E-state index in [2.05, 4.69) is 10.5 Å². The van der Waals surface area contributed by atoms with Crippen LogP contribution in [-0.4, -0.2) is 36.4 Å². The number of carbonyl (C=O) groups is 1. The van der Waals surface area contributed by atoms with Crippen LogP contribution < -0.4 is 5.32 Å². The summed E-state index contributed by atoms with van der Waals surface area (Å²) in [4.78, 5) is 11.6. The molecule has 1 aromatic heterocycles. The summed E-state index contributed by atoms with van der Waals surface area (Å²) in [6, 6.07) is 1.56. The molecule has 0 atom stereocenters. The van der Waals surface area contributed by atoms with Crippen LogP contribution in [0.15, 0.2) is 10.6 Å². The van der Waals surface area contributed by atoms with E-state index in [1.807, 2.05) is 0 Å². The van der Waals surface area contributed by atoms with Gasteiger partial charge in [-0.2, -0.15) is 0 Å². The number of aliphatic hydroxyl groups excluding tert-OH is 1. The zero-order valence-electron chi connectivity index (χ0n) is 9.94. The van der Waals surface area contributed by atoms with E-state index in [1.165, 1.54) is 0 Å². The first kappa shape index (κ1) is 13.7. The first-order valence-corrected chi connectivity index (χ1v) is 5.61. The van der Waals surface area contributed by atoms with Gasteiger partial charge in [0.1, 0.15) is 6.61 Å². The topological polar surface area (TPSA) is 84.6 Å². The largest absolute Gasteiger partial charge is 0.396 e. The molecule has 0 aliphatic carbocycles. The second-order valence-electron chi connectivity index (χ2n) is 3.65. The van der Waals surface area contributed by atoms with Gasteiger partial charge < -0.3 is 19.7 Å². The number of amides is 1. The number of ether oxygens (including phenoxy) is 1. The van der Waals surface area contributed by atoms with Crippen molar-refractivity contribution in [2.45, 2.75) is 25.9 Å². The van der Waals surface area contributed by atoms with Crippen LogP contribution in [0.5, 0.6) is 0 Å². The minimum atomic E-state index is -0.250. The second-order valence-corrected chi connectivity index (χ2v) is 3.65. The number of nitrogens with one attached hydrogen (secondary N) is 1. The number of hydrogen-bond acceptors (Lipinski definition) is 5. The van der Waals surface area contributed by atoms with Crippen molar-refractivity contribution in [3.63, 3.8) is 0 Å². The van der Waals surface area contributed by atoms with Crippen LogP contribution in [0.1, 0.15) is 35.5 Å². The Hall–Kier alpha value is -1.40. The molecule has 6 nitrogen and oxygen atoms in total. The highest BCUT2D eigenvalue weighted by atomic mass is 16.5. The molecule has 0 aliphatic rings. The van der Waals surface area contributed by atoms with Gasteiger partial charge in [0, 0.05) is 26.3 Å². The van der Waals surface area contributed by atoms with Gasteiger partial charge in [-0.1, -0.05) is 5.16 Å². The molecule has 0 spiro atoms. The number of nitrogens with zero attached hydrogens (tertiary/aromatic N) is 1. The number of unbranched alkanes of at least 4 members (excludes halogenated alkanes) is 2. The van der Waals surface area contributed by atoms with Crippen LogP contribution in [-0.2, 0) is 11.3 Å². The minimum absolute atomic E-state index is 0.192. The molecule has 1 aromatic rings. The molecule has 1 heterocycles. The molecule has 6 heteroatoms. The van der Waals surface area contributed by atoms with Crippen molar-refractivity contribution in [3.05, 3.63) is 17.5 Å². The van der Waals surface area contributed by atoms with Crippen LogP contribution in [0.3, 0.4) is 0 Å². The molecule has 1 amide bonds. The molecule has 2 N–H and O–H groups in total. The maximum Gasteiger partial charge on any atom is 0.273 e. The average molecular weight is 242 g/mol. The van der Waals surface area contributed by atoms with Crippen molar-refractivity contribution in [2.24, 2.45) is 0 Å². The van der Waals surface area contributed by atoms with Gasteiger partial charge in [-0.15, -0.1) is 0 Å². The van der Waals surface area contributed by atoms with Crippen molar-refractivity contribution in [2.75, 3.05) is 20.3 Å². The van der Waals surface area contributed by atoms with Crippen LogP contribution in [0, 0.1) is 0 Å². The molecule has 0 bridgehead atoms. The molecular weight excluding hydrogens is 224 g/mol. The van der Waals surface area contributed by atoms with E-state index in [4.69, 9.17) is 14.4 Å². The molecule has 1 rings (SSSR count). The van der Waals surface area contributed by atoms with Gasteiger partial charge >= 0.3 is 0 Å². The lowest BCUT2D eigenvalue weighted by molar-refractivity contribution is 0.0943. The van der Waals surface area contributed by atoms with Crippen molar-refractivity contribution in [1.82, 2.24) is 10.5 Å². The molecule has 0 radical (unpaired) electrons. The number of hydrogen-bond donors (Lipinski definition) is 2. The lowest BCUT2D eigenvalue weighted by Crippen LogP contribution is -2.24. The highest BCUT2D eigenvalue weighted by Crippen LogP contribution is 2.04. The summed E-state index contributed by atoms with van der Waals surface area (Å²) in [7, 11) is 1.55. The van der Waals surface area contributed by atoms with Crippen molar-refractivity contribution < 1.29 is 19.2 Å². The summed E-state index contributed by atoms with van der Waals surface area (Å²) in [6.07, 6.45) is 2.50. The fourth-order valence-corrected chi connectivity index (χ4v) is 1.34. The van der Waals surface area contributed by atoms with E-state index in [0.29, 0.717) is 18.9 Å². The summed E-state index contributed by atoms with van der Waals surface area (Å²) in [5.41, 5.74) is 0.263. The van der Waals surface area contributed by atoms with E-state index in [1.54, 1.807) is 13.2 Å². The molecule has 0 aliphatic heterocycles. The maximum atomic E-state index is 11.6. The zero-order chi connectivity index (χ0) is 12.5. The van der Waals surface area contributed by atoms with E-state index in [-0.39, 0.29) is 18.2 Å². The highest BCUT2D eigenvalue weighted by molar-refractivity contribution is 5.92. The van der Waals surface area contributed by atoms with Gasteiger partial charge in [-0.3, -0.25) is 4.79 Å². The Kier molecular flexibility index (Phi) is 6.27. The Balaban J connectivity index is 2.26. The number of carbonyl (C=O) groups excluding carboxylic acids is 1. The van der Waals surface area contributed by atoms with Gasteiger partial charge in [0.2, 0.25) is 0 Å². The van der Waals surface area contributed by atoms with Crippen molar-refractivity contribution >= 4 is 5.91 Å². The minimum Gasteiger partial charge on any atom is -0.396 e. The molecule has 17 heavy (non-hydrogen) atoms. The standard InChI is InChI=1S/C11H18N2O4/c1-16-8-9-7-10(13-17-9)11(15)12-5-3-2-4-6-14/h7,14H,2-6,8H2,1H3,(H,12,15). The van der Waals surface area contributed by atoms with Gasteiger partial charge in [0.15, 0.2) is 11.5 Å². The zero-order valence-corrected chi connectivity index (χ0v) is 9.94. The van der Waals surface area contributed by atoms with Gasteiger partial charge in [-0.05, 0) is 19.3 Å². The number of aromatic nitrogens is 1.